The summed E-state index contributed by atoms with van der Waals surface area (Å²) in [4.78, 5) is 9.94. The highest BCUT2D eigenvalue weighted by Gasteiger charge is 2.26. The van der Waals surface area contributed by atoms with Crippen molar-refractivity contribution >= 4 is 5.69 Å². The maximum atomic E-state index is 10.4. The van der Waals surface area contributed by atoms with Gasteiger partial charge in [-0.25, -0.2) is 0 Å². The molecule has 1 aromatic carbocycles. The number of hydrogen-bond acceptors (Lipinski definition) is 4. The van der Waals surface area contributed by atoms with E-state index in [1.165, 1.54) is 24.3 Å². The molecular weight excluding hydrogens is 206 g/mol. The number of nitro groups is 1. The minimum Gasteiger partial charge on any atom is -0.258 e. The van der Waals surface area contributed by atoms with E-state index in [4.69, 9.17) is 10.5 Å². The predicted molar refractivity (Wildman–Crippen MR) is 56.3 cm³/mol. The van der Waals surface area contributed by atoms with E-state index in [1.807, 2.05) is 6.07 Å². The summed E-state index contributed by atoms with van der Waals surface area (Å²) in [6, 6.07) is 9.69. The second kappa shape index (κ2) is 4.41. The summed E-state index contributed by atoms with van der Waals surface area (Å²) in [5.74, 6) is 0. The van der Waals surface area contributed by atoms with Gasteiger partial charge < -0.3 is 0 Å². The van der Waals surface area contributed by atoms with Gasteiger partial charge in [-0.1, -0.05) is 12.1 Å². The molecule has 1 rings (SSSR count). The van der Waals surface area contributed by atoms with Crippen molar-refractivity contribution in [3.05, 3.63) is 39.9 Å². The number of non-ortho nitro benzene ring substituents is 1. The average molecular weight is 215 g/mol. The van der Waals surface area contributed by atoms with E-state index in [0.29, 0.717) is 5.56 Å². The molecule has 5 nitrogen and oxygen atoms in total. The summed E-state index contributed by atoms with van der Waals surface area (Å²) in [7, 11) is 0. The third-order valence-electron chi connectivity index (χ3n) is 2.39. The molecule has 0 spiro atoms. The number of nitrogens with zero attached hydrogens (tertiary/aromatic N) is 3. The van der Waals surface area contributed by atoms with Gasteiger partial charge in [-0.05, 0) is 12.5 Å². The SMILES string of the molecule is CC(C#N)(CC#N)c1ccc([N+](=O)[O-])cc1. The van der Waals surface area contributed by atoms with Crippen LogP contribution in [-0.2, 0) is 5.41 Å². The third kappa shape index (κ3) is 2.15. The zero-order chi connectivity index (χ0) is 12.2. The van der Waals surface area contributed by atoms with Crippen molar-refractivity contribution in [3.8, 4) is 12.1 Å². The fourth-order valence-electron chi connectivity index (χ4n) is 1.32. The Morgan fingerprint density at radius 2 is 1.94 bits per heavy atom. The van der Waals surface area contributed by atoms with E-state index >= 15 is 0 Å². The van der Waals surface area contributed by atoms with Gasteiger partial charge in [0.2, 0.25) is 0 Å². The van der Waals surface area contributed by atoms with Crippen LogP contribution in [-0.4, -0.2) is 4.92 Å². The molecule has 0 aromatic heterocycles. The Morgan fingerprint density at radius 3 is 2.31 bits per heavy atom. The lowest BCUT2D eigenvalue weighted by molar-refractivity contribution is -0.384. The topological polar surface area (TPSA) is 90.7 Å². The molecular formula is C11H9N3O2. The van der Waals surface area contributed by atoms with Gasteiger partial charge in [0.1, 0.15) is 0 Å². The molecule has 0 bridgehead atoms. The van der Waals surface area contributed by atoms with Gasteiger partial charge in [0, 0.05) is 12.1 Å². The molecule has 0 aliphatic carbocycles. The van der Waals surface area contributed by atoms with Crippen LogP contribution >= 0.6 is 0 Å². The van der Waals surface area contributed by atoms with Crippen molar-refractivity contribution in [2.24, 2.45) is 0 Å². The van der Waals surface area contributed by atoms with E-state index in [-0.39, 0.29) is 12.1 Å². The smallest absolute Gasteiger partial charge is 0.258 e. The van der Waals surface area contributed by atoms with Gasteiger partial charge in [0.05, 0.1) is 28.9 Å². The van der Waals surface area contributed by atoms with E-state index in [1.54, 1.807) is 6.92 Å². The van der Waals surface area contributed by atoms with Crippen LogP contribution in [0, 0.1) is 32.8 Å². The zero-order valence-electron chi connectivity index (χ0n) is 8.67. The average Bonchev–Trinajstić information content (AvgIpc) is 2.29. The molecule has 5 heteroatoms. The van der Waals surface area contributed by atoms with Crippen molar-refractivity contribution in [3.63, 3.8) is 0 Å². The molecule has 80 valence electrons. The fourth-order valence-corrected chi connectivity index (χ4v) is 1.32. The van der Waals surface area contributed by atoms with Crippen molar-refractivity contribution in [1.29, 1.82) is 10.5 Å². The second-order valence-corrected chi connectivity index (χ2v) is 3.58. The molecule has 1 unspecified atom stereocenters. The van der Waals surface area contributed by atoms with Crippen LogP contribution in [0.25, 0.3) is 0 Å². The van der Waals surface area contributed by atoms with Gasteiger partial charge in [-0.3, -0.25) is 10.1 Å². The monoisotopic (exact) mass is 215 g/mol. The van der Waals surface area contributed by atoms with Gasteiger partial charge >= 0.3 is 0 Å². The molecule has 0 fully saturated rings. The van der Waals surface area contributed by atoms with E-state index in [0.717, 1.165) is 0 Å². The zero-order valence-corrected chi connectivity index (χ0v) is 8.67. The number of hydrogen-bond donors (Lipinski definition) is 0. The summed E-state index contributed by atoms with van der Waals surface area (Å²) in [5, 5.41) is 28.1. The summed E-state index contributed by atoms with van der Waals surface area (Å²) in [6.45, 7) is 1.64. The molecule has 0 saturated heterocycles. The number of benzene rings is 1. The van der Waals surface area contributed by atoms with Crippen LogP contribution < -0.4 is 0 Å². The van der Waals surface area contributed by atoms with Crippen LogP contribution in [0.5, 0.6) is 0 Å². The second-order valence-electron chi connectivity index (χ2n) is 3.58. The first-order valence-corrected chi connectivity index (χ1v) is 4.56. The van der Waals surface area contributed by atoms with Gasteiger partial charge in [0.15, 0.2) is 0 Å². The Bertz CT molecular complexity index is 481. The Hall–Kier alpha value is -2.40. The molecule has 1 atom stereocenters. The largest absolute Gasteiger partial charge is 0.269 e. The van der Waals surface area contributed by atoms with E-state index in [2.05, 4.69) is 6.07 Å². The van der Waals surface area contributed by atoms with Gasteiger partial charge in [0.25, 0.3) is 5.69 Å². The third-order valence-corrected chi connectivity index (χ3v) is 2.39. The standard InChI is InChI=1S/C11H9N3O2/c1-11(8-13,6-7-12)9-2-4-10(5-3-9)14(15)16/h2-5H,6H2,1H3. The first-order valence-electron chi connectivity index (χ1n) is 4.56. The van der Waals surface area contributed by atoms with Crippen molar-refractivity contribution in [2.75, 3.05) is 0 Å². The van der Waals surface area contributed by atoms with Gasteiger partial charge in [-0.15, -0.1) is 0 Å². The highest BCUT2D eigenvalue weighted by Crippen LogP contribution is 2.27. The first kappa shape index (κ1) is 11.7. The summed E-state index contributed by atoms with van der Waals surface area (Å²) in [5.41, 5.74) is -0.327. The minimum atomic E-state index is -0.913. The molecule has 0 radical (unpaired) electrons. The van der Waals surface area contributed by atoms with Gasteiger partial charge in [-0.2, -0.15) is 10.5 Å². The Kier molecular flexibility index (Phi) is 3.22. The number of nitriles is 2. The quantitative estimate of drug-likeness (QED) is 0.571. The molecule has 0 aliphatic rings. The lowest BCUT2D eigenvalue weighted by Gasteiger charge is -2.17. The van der Waals surface area contributed by atoms with Crippen molar-refractivity contribution < 1.29 is 4.92 Å². The molecule has 0 aliphatic heterocycles. The van der Waals surface area contributed by atoms with Crippen LogP contribution in [0.4, 0.5) is 5.69 Å². The minimum absolute atomic E-state index is 0.0269. The maximum absolute atomic E-state index is 10.4. The summed E-state index contributed by atoms with van der Waals surface area (Å²) < 4.78 is 0. The molecule has 0 N–H and O–H groups in total. The van der Waals surface area contributed by atoms with Crippen LogP contribution in [0.15, 0.2) is 24.3 Å². The van der Waals surface area contributed by atoms with E-state index in [9.17, 15) is 10.1 Å². The Labute approximate surface area is 92.7 Å². The van der Waals surface area contributed by atoms with Crippen LogP contribution in [0.2, 0.25) is 0 Å². The van der Waals surface area contributed by atoms with E-state index < -0.39 is 10.3 Å². The number of nitro benzene ring substituents is 1. The normalized spacial score (nSPS) is 13.2. The van der Waals surface area contributed by atoms with Crippen molar-refractivity contribution in [2.45, 2.75) is 18.8 Å². The lowest BCUT2D eigenvalue weighted by atomic mass is 9.81. The Balaban J connectivity index is 3.11. The predicted octanol–water partition coefficient (Wildman–Crippen LogP) is 2.29. The summed E-state index contributed by atoms with van der Waals surface area (Å²) in [6.07, 6.45) is 0.0569. The van der Waals surface area contributed by atoms with Crippen LogP contribution in [0.3, 0.4) is 0 Å². The maximum Gasteiger partial charge on any atom is 0.269 e. The molecule has 1 aromatic rings. The van der Waals surface area contributed by atoms with Crippen LogP contribution in [0.1, 0.15) is 18.9 Å². The highest BCUT2D eigenvalue weighted by atomic mass is 16.6. The first-order chi connectivity index (χ1) is 7.53. The number of rotatable bonds is 3. The Morgan fingerprint density at radius 1 is 1.38 bits per heavy atom. The lowest BCUT2D eigenvalue weighted by Crippen LogP contribution is -2.18. The highest BCUT2D eigenvalue weighted by molar-refractivity contribution is 5.39. The molecule has 16 heavy (non-hydrogen) atoms. The molecule has 0 amide bonds. The summed E-state index contributed by atoms with van der Waals surface area (Å²) >= 11 is 0. The van der Waals surface area contributed by atoms with Crippen molar-refractivity contribution in [1.82, 2.24) is 0 Å². The fraction of sp³-hybridized carbons (Fsp3) is 0.273. The molecule has 0 heterocycles. The molecule has 0 saturated carbocycles.